The van der Waals surface area contributed by atoms with Gasteiger partial charge in [0.15, 0.2) is 0 Å². The van der Waals surface area contributed by atoms with Gasteiger partial charge in [0.2, 0.25) is 0 Å². The van der Waals surface area contributed by atoms with Crippen LogP contribution in [0.15, 0.2) is 93.7 Å². The topological polar surface area (TPSA) is 12.5 Å². The molecule has 0 aromatic heterocycles. The third-order valence-corrected chi connectivity index (χ3v) is 8.05. The van der Waals surface area contributed by atoms with Gasteiger partial charge in [0.05, 0.1) is 11.7 Å². The van der Waals surface area contributed by atoms with E-state index in [0.717, 1.165) is 57.8 Å². The van der Waals surface area contributed by atoms with Crippen molar-refractivity contribution in [1.29, 1.82) is 0 Å². The van der Waals surface area contributed by atoms with Gasteiger partial charge in [-0.1, -0.05) is 93.7 Å². The van der Waals surface area contributed by atoms with Gasteiger partial charge in [-0.05, 0) is 146 Å². The average Bonchev–Trinajstić information content (AvgIpc) is 3.51. The predicted molar refractivity (Wildman–Crippen MR) is 185 cm³/mol. The Morgan fingerprint density at radius 1 is 0.488 bits per heavy atom. The summed E-state index contributed by atoms with van der Waals surface area (Å²) < 4.78 is 5.70. The van der Waals surface area contributed by atoms with Crippen LogP contribution in [0.25, 0.3) is 0 Å². The Bertz CT molecular complexity index is 1010. The number of hydrogen-bond acceptors (Lipinski definition) is 1. The molecule has 0 radical (unpaired) electrons. The molecule has 1 heterocycles. The summed E-state index contributed by atoms with van der Waals surface area (Å²) in [5.74, 6) is 0. The molecule has 0 bridgehead atoms. The molecule has 1 aliphatic heterocycles. The highest BCUT2D eigenvalue weighted by atomic mass is 16.6. The highest BCUT2D eigenvalue weighted by molar-refractivity contribution is 5.19. The second kappa shape index (κ2) is 20.7. The minimum Gasteiger partial charge on any atom is -0.367 e. The summed E-state index contributed by atoms with van der Waals surface area (Å²) in [6, 6.07) is 0. The van der Waals surface area contributed by atoms with E-state index in [2.05, 4.69) is 124 Å². The van der Waals surface area contributed by atoms with E-state index >= 15 is 0 Å². The Kier molecular flexibility index (Phi) is 18.6. The molecule has 41 heavy (non-hydrogen) atoms. The van der Waals surface area contributed by atoms with Crippen molar-refractivity contribution >= 4 is 0 Å². The summed E-state index contributed by atoms with van der Waals surface area (Å²) in [4.78, 5) is 0. The molecule has 230 valence electrons. The lowest BCUT2D eigenvalue weighted by Gasteiger charge is -2.03. The monoisotopic (exact) mass is 560 g/mol. The molecule has 0 aromatic carbocycles. The summed E-state index contributed by atoms with van der Waals surface area (Å²) >= 11 is 0. The molecule has 1 atom stereocenters. The van der Waals surface area contributed by atoms with E-state index in [-0.39, 0.29) is 5.60 Å². The molecule has 1 unspecified atom stereocenters. The smallest absolute Gasteiger partial charge is 0.0892 e. The van der Waals surface area contributed by atoms with Crippen LogP contribution >= 0.6 is 0 Å². The van der Waals surface area contributed by atoms with E-state index in [4.69, 9.17) is 4.74 Å². The molecule has 1 heteroatoms. The van der Waals surface area contributed by atoms with Crippen molar-refractivity contribution < 1.29 is 4.74 Å². The van der Waals surface area contributed by atoms with Gasteiger partial charge < -0.3 is 4.74 Å². The maximum absolute atomic E-state index is 5.70. The van der Waals surface area contributed by atoms with Crippen molar-refractivity contribution in [3.05, 3.63) is 93.7 Å². The first-order chi connectivity index (χ1) is 19.4. The summed E-state index contributed by atoms with van der Waals surface area (Å²) in [7, 11) is 0. The van der Waals surface area contributed by atoms with E-state index < -0.39 is 0 Å². The van der Waals surface area contributed by atoms with Crippen LogP contribution in [0.3, 0.4) is 0 Å². The fourth-order valence-corrected chi connectivity index (χ4v) is 4.89. The first-order valence-corrected chi connectivity index (χ1v) is 16.3. The van der Waals surface area contributed by atoms with Crippen LogP contribution in [0, 0.1) is 0 Å². The molecule has 1 rings (SSSR count). The van der Waals surface area contributed by atoms with Crippen molar-refractivity contribution in [1.82, 2.24) is 0 Å². The van der Waals surface area contributed by atoms with Crippen LogP contribution in [0.2, 0.25) is 0 Å². The van der Waals surface area contributed by atoms with E-state index in [1.54, 1.807) is 0 Å². The zero-order chi connectivity index (χ0) is 30.7. The Morgan fingerprint density at radius 3 is 1.15 bits per heavy atom. The Balaban J connectivity index is 2.23. The maximum Gasteiger partial charge on any atom is 0.0892 e. The molecule has 0 aromatic rings. The lowest BCUT2D eigenvalue weighted by Crippen LogP contribution is -2.02. The van der Waals surface area contributed by atoms with Gasteiger partial charge in [0, 0.05) is 0 Å². The molecule has 1 nitrogen and oxygen atoms in total. The van der Waals surface area contributed by atoms with E-state index in [1.165, 1.54) is 58.3 Å². The standard InChI is InChI=1S/C40H64O/c1-32(2)18-13-21-35(5)24-16-27-36(6)25-14-22-33(3)19-11-12-20-34(4)23-15-26-37(7)28-17-29-38(8)30-31-39-40(9,10)41-39/h11-12,18-20,24-26,29,39H,13-17,21-23,27-28,30-31H2,1-10H3/b12-11+,33-19+,34-20+,35-24-,36-25-,37-26+,38-29-. The maximum atomic E-state index is 5.70. The molecule has 0 amide bonds. The SMILES string of the molecule is CC(C)=CCC/C(C)=C\CC/C(C)=C\CC/C(C)=C/C=C/C=C(\C)CC/C=C(\C)CC/C=C(/C)CCC1OC1(C)C. The summed E-state index contributed by atoms with van der Waals surface area (Å²) in [5, 5.41) is 0. The quantitative estimate of drug-likeness (QED) is 0.0819. The lowest BCUT2D eigenvalue weighted by molar-refractivity contribution is 0.320. The lowest BCUT2D eigenvalue weighted by atomic mass is 10.0. The second-order valence-electron chi connectivity index (χ2n) is 13.3. The van der Waals surface area contributed by atoms with Crippen LogP contribution < -0.4 is 0 Å². The fraction of sp³-hybridized carbons (Fsp3) is 0.600. The molecule has 0 aliphatic carbocycles. The third-order valence-electron chi connectivity index (χ3n) is 8.05. The van der Waals surface area contributed by atoms with E-state index in [9.17, 15) is 0 Å². The van der Waals surface area contributed by atoms with Crippen molar-refractivity contribution in [3.8, 4) is 0 Å². The van der Waals surface area contributed by atoms with Gasteiger partial charge >= 0.3 is 0 Å². The number of epoxide rings is 1. The minimum atomic E-state index is 0.122. The van der Waals surface area contributed by atoms with E-state index in [0.29, 0.717) is 6.10 Å². The number of hydrogen-bond donors (Lipinski definition) is 0. The number of rotatable bonds is 20. The zero-order valence-electron chi connectivity index (χ0n) is 28.7. The van der Waals surface area contributed by atoms with Gasteiger partial charge in [0.25, 0.3) is 0 Å². The summed E-state index contributed by atoms with van der Waals surface area (Å²) in [6.45, 7) is 22.3. The molecule has 1 saturated heterocycles. The van der Waals surface area contributed by atoms with E-state index in [1.807, 2.05) is 0 Å². The highest BCUT2D eigenvalue weighted by Crippen LogP contribution is 2.39. The molecular weight excluding hydrogens is 496 g/mol. The largest absolute Gasteiger partial charge is 0.367 e. The number of allylic oxidation sites excluding steroid dienone is 16. The predicted octanol–water partition coefficient (Wildman–Crippen LogP) is 13.0. The molecule has 0 N–H and O–H groups in total. The van der Waals surface area contributed by atoms with Crippen molar-refractivity contribution in [3.63, 3.8) is 0 Å². The first-order valence-electron chi connectivity index (χ1n) is 16.3. The molecular formula is C40H64O. The molecule has 1 fully saturated rings. The average molecular weight is 561 g/mol. The van der Waals surface area contributed by atoms with Gasteiger partial charge in [-0.2, -0.15) is 0 Å². The summed E-state index contributed by atoms with van der Waals surface area (Å²) in [6.07, 6.45) is 35.3. The second-order valence-corrected chi connectivity index (χ2v) is 13.3. The zero-order valence-corrected chi connectivity index (χ0v) is 28.7. The Hall–Kier alpha value is -2.12. The van der Waals surface area contributed by atoms with Crippen LogP contribution in [-0.4, -0.2) is 11.7 Å². The van der Waals surface area contributed by atoms with Crippen LogP contribution in [-0.2, 0) is 4.74 Å². The normalized spacial score (nSPS) is 18.8. The first kappa shape index (κ1) is 36.9. The van der Waals surface area contributed by atoms with Gasteiger partial charge in [-0.25, -0.2) is 0 Å². The number of ether oxygens (including phenoxy) is 1. The van der Waals surface area contributed by atoms with Crippen LogP contribution in [0.5, 0.6) is 0 Å². The molecule has 0 saturated carbocycles. The highest BCUT2D eigenvalue weighted by Gasteiger charge is 2.46. The van der Waals surface area contributed by atoms with Gasteiger partial charge in [-0.3, -0.25) is 0 Å². The van der Waals surface area contributed by atoms with Crippen molar-refractivity contribution in [2.45, 2.75) is 158 Å². The Labute approximate surface area is 256 Å². The summed E-state index contributed by atoms with van der Waals surface area (Å²) in [5.41, 5.74) is 10.5. The van der Waals surface area contributed by atoms with Crippen LogP contribution in [0.4, 0.5) is 0 Å². The van der Waals surface area contributed by atoms with Crippen LogP contribution in [0.1, 0.15) is 146 Å². The fourth-order valence-electron chi connectivity index (χ4n) is 4.89. The third kappa shape index (κ3) is 20.4. The van der Waals surface area contributed by atoms with Gasteiger partial charge in [-0.15, -0.1) is 0 Å². The minimum absolute atomic E-state index is 0.122. The molecule has 0 spiro atoms. The van der Waals surface area contributed by atoms with Crippen molar-refractivity contribution in [2.24, 2.45) is 0 Å². The Morgan fingerprint density at radius 2 is 0.805 bits per heavy atom. The van der Waals surface area contributed by atoms with Crippen molar-refractivity contribution in [2.75, 3.05) is 0 Å². The molecule has 1 aliphatic rings. The van der Waals surface area contributed by atoms with Gasteiger partial charge in [0.1, 0.15) is 0 Å².